The molecule has 0 N–H and O–H groups in total. The zero-order valence-electron chi connectivity index (χ0n) is 22.4. The number of hydrogen-bond donors (Lipinski definition) is 0. The first-order chi connectivity index (χ1) is 15.0. The minimum Gasteiger partial charge on any atom is -0.150 e. The van der Waals surface area contributed by atoms with Crippen LogP contribution < -0.4 is 0 Å². The maximum atomic E-state index is 3.36. The topological polar surface area (TPSA) is 0 Å². The van der Waals surface area contributed by atoms with Crippen molar-refractivity contribution < 1.29 is 23.3 Å². The Morgan fingerprint density at radius 1 is 0.853 bits per heavy atom. The van der Waals surface area contributed by atoms with Gasteiger partial charge in [0.05, 0.1) is 0 Å². The molecule has 0 fully saturated rings. The fraction of sp³-hybridized carbons (Fsp3) is 0.367. The molecule has 4 rings (SSSR count). The van der Waals surface area contributed by atoms with Crippen LogP contribution in [0.4, 0.5) is 0 Å². The Morgan fingerprint density at radius 3 is 1.88 bits per heavy atom. The van der Waals surface area contributed by atoms with Gasteiger partial charge in [-0.3, -0.25) is 6.08 Å². The van der Waals surface area contributed by atoms with Crippen LogP contribution in [0.25, 0.3) is 21.9 Å². The molecule has 0 heterocycles. The van der Waals surface area contributed by atoms with E-state index in [-0.39, 0.29) is 30.2 Å². The molecule has 1 aliphatic rings. The van der Waals surface area contributed by atoms with Gasteiger partial charge >= 0.3 is 41.9 Å². The number of benzene rings is 2. The molecule has 0 bridgehead atoms. The van der Waals surface area contributed by atoms with Crippen molar-refractivity contribution in [1.82, 2.24) is 0 Å². The van der Waals surface area contributed by atoms with E-state index in [1.54, 1.807) is 23.3 Å². The van der Waals surface area contributed by atoms with E-state index in [0.717, 1.165) is 0 Å². The van der Waals surface area contributed by atoms with Gasteiger partial charge in [-0.2, -0.15) is 11.1 Å². The summed E-state index contributed by atoms with van der Waals surface area (Å²) < 4.78 is 0. The molecule has 0 spiro atoms. The summed E-state index contributed by atoms with van der Waals surface area (Å²) in [5.74, 6) is 0.560. The van der Waals surface area contributed by atoms with Crippen molar-refractivity contribution in [2.24, 2.45) is 5.92 Å². The van der Waals surface area contributed by atoms with Crippen molar-refractivity contribution in [3.05, 3.63) is 87.5 Å². The molecular weight excluding hydrogens is 551 g/mol. The summed E-state index contributed by atoms with van der Waals surface area (Å²) in [6.45, 7) is 22.2. The molecule has 1 aliphatic carbocycles. The van der Waals surface area contributed by atoms with Gasteiger partial charge in [0.15, 0.2) is 0 Å². The van der Waals surface area contributed by atoms with E-state index in [1.165, 1.54) is 60.9 Å². The molecule has 0 aliphatic heterocycles. The first-order valence-electron chi connectivity index (χ1n) is 11.5. The summed E-state index contributed by atoms with van der Waals surface area (Å²) in [4.78, 5) is 0. The quantitative estimate of drug-likeness (QED) is 0.195. The molecule has 0 radical (unpaired) electrons. The monoisotopic (exact) mass is 588 g/mol. The summed E-state index contributed by atoms with van der Waals surface area (Å²) in [6, 6.07) is 15.4. The van der Waals surface area contributed by atoms with Gasteiger partial charge in [-0.25, -0.2) is 5.57 Å². The Labute approximate surface area is 235 Å². The van der Waals surface area contributed by atoms with Crippen molar-refractivity contribution in [2.45, 2.75) is 68.5 Å². The Kier molecular flexibility index (Phi) is 14.4. The van der Waals surface area contributed by atoms with Gasteiger partial charge in [-0.15, -0.1) is 78.4 Å². The predicted octanol–water partition coefficient (Wildman–Crippen LogP) is 9.81. The number of rotatable bonds is 1. The molecule has 0 saturated heterocycles. The molecule has 0 aromatic heterocycles. The zero-order chi connectivity index (χ0) is 24.2. The average Bonchev–Trinajstić information content (AvgIpc) is 3.26. The predicted molar refractivity (Wildman–Crippen MR) is 156 cm³/mol. The summed E-state index contributed by atoms with van der Waals surface area (Å²) in [5, 5.41) is 2.68. The smallest absolute Gasteiger partial charge is 0.0392 e. The number of aryl methyl sites for hydroxylation is 1. The number of halogens is 2. The molecule has 4 heteroatoms. The van der Waals surface area contributed by atoms with Crippen LogP contribution in [-0.2, 0) is 23.3 Å². The number of allylic oxidation sites excluding steroid dienone is 4. The third-order valence-electron chi connectivity index (χ3n) is 6.69. The van der Waals surface area contributed by atoms with Gasteiger partial charge in [0, 0.05) is 0 Å². The van der Waals surface area contributed by atoms with Crippen LogP contribution in [0, 0.1) is 39.7 Å². The van der Waals surface area contributed by atoms with Gasteiger partial charge in [0.1, 0.15) is 0 Å². The van der Waals surface area contributed by atoms with Gasteiger partial charge in [-0.05, 0) is 44.4 Å². The standard InChI is InChI=1S/C19H19.C9H13.C2H6Si.2ClH.Zr/c1-12-11-19(15(4)14(3)13(12)2)18-10-9-16-7-5-6-8-17(16)18;1-6-5-7(2)9(4)8(6)3;1-3-2;;;/h5-11H,1-4H3;6H,1-4H3;1-2H3;2*1H;/q2*-1;;;;+2. The van der Waals surface area contributed by atoms with Crippen molar-refractivity contribution in [2.75, 3.05) is 0 Å². The normalized spacial score (nSPS) is 14.2. The van der Waals surface area contributed by atoms with Crippen LogP contribution in [0.3, 0.4) is 0 Å². The maximum Gasteiger partial charge on any atom is -0.0392 e. The molecule has 0 nitrogen and oxygen atoms in total. The first kappa shape index (κ1) is 33.2. The van der Waals surface area contributed by atoms with E-state index < -0.39 is 0 Å². The van der Waals surface area contributed by atoms with Crippen LogP contribution >= 0.6 is 24.8 Å². The second-order valence-corrected chi connectivity index (χ2v) is 18.6. The number of fused-ring (bicyclic) bond motifs is 1. The van der Waals surface area contributed by atoms with E-state index in [1.807, 2.05) is 0 Å². The Hall–Kier alpha value is -0.790. The molecule has 34 heavy (non-hydrogen) atoms. The first-order valence-corrected chi connectivity index (χ1v) is 17.7. The SMILES string of the molecule is CC1=[C-]C(C)C(C)=C1C.C[Si](C)=[Zr+2].Cc1cc(-c2c[cH-]c3ccccc23)c(C)c(C)c1C.Cl.Cl. The van der Waals surface area contributed by atoms with E-state index in [9.17, 15) is 0 Å². The minimum atomic E-state index is 0. The zero-order valence-corrected chi connectivity index (χ0v) is 27.5. The van der Waals surface area contributed by atoms with Crippen molar-refractivity contribution in [3.8, 4) is 11.1 Å². The van der Waals surface area contributed by atoms with Gasteiger partial charge in [0.2, 0.25) is 0 Å². The Balaban J connectivity index is 0.000000614. The van der Waals surface area contributed by atoms with E-state index in [2.05, 4.69) is 117 Å². The molecule has 1 atom stereocenters. The Morgan fingerprint density at radius 2 is 1.41 bits per heavy atom. The second-order valence-electron chi connectivity index (χ2n) is 9.25. The molecular formula is C30H40Cl2SiZr. The molecule has 3 aromatic carbocycles. The van der Waals surface area contributed by atoms with Crippen LogP contribution in [0.5, 0.6) is 0 Å². The van der Waals surface area contributed by atoms with Crippen molar-refractivity contribution >= 4 is 41.0 Å². The Bertz CT molecular complexity index is 1190. The van der Waals surface area contributed by atoms with Crippen LogP contribution in [0.15, 0.2) is 59.2 Å². The van der Waals surface area contributed by atoms with E-state index >= 15 is 0 Å². The fourth-order valence-corrected chi connectivity index (χ4v) is 4.04. The third-order valence-corrected chi connectivity index (χ3v) is 6.69. The molecule has 182 valence electrons. The van der Waals surface area contributed by atoms with Crippen molar-refractivity contribution in [1.29, 1.82) is 0 Å². The minimum absolute atomic E-state index is 0. The summed E-state index contributed by atoms with van der Waals surface area (Å²) in [7, 11) is 0. The van der Waals surface area contributed by atoms with Crippen molar-refractivity contribution in [3.63, 3.8) is 0 Å². The van der Waals surface area contributed by atoms with Crippen LogP contribution in [-0.4, -0.2) is 5.43 Å². The summed E-state index contributed by atoms with van der Waals surface area (Å²) in [6.07, 6.45) is 3.36. The van der Waals surface area contributed by atoms with Crippen LogP contribution in [0.1, 0.15) is 49.9 Å². The fourth-order valence-electron chi connectivity index (χ4n) is 4.04. The average molecular weight is 591 g/mol. The summed E-state index contributed by atoms with van der Waals surface area (Å²) >= 11 is 1.74. The van der Waals surface area contributed by atoms with Gasteiger partial charge < -0.3 is 0 Å². The molecule has 0 saturated carbocycles. The molecule has 3 aromatic rings. The maximum absolute atomic E-state index is 3.36. The van der Waals surface area contributed by atoms with E-state index in [4.69, 9.17) is 0 Å². The second kappa shape index (κ2) is 14.7. The number of hydrogen-bond acceptors (Lipinski definition) is 0. The summed E-state index contributed by atoms with van der Waals surface area (Å²) in [5.41, 5.74) is 12.8. The molecule has 1 unspecified atom stereocenters. The van der Waals surface area contributed by atoms with E-state index in [0.29, 0.717) is 5.92 Å². The largest absolute Gasteiger partial charge is 0.150 e. The molecule has 0 amide bonds. The third kappa shape index (κ3) is 8.12. The van der Waals surface area contributed by atoms with Crippen LogP contribution in [0.2, 0.25) is 13.1 Å². The van der Waals surface area contributed by atoms with Gasteiger partial charge in [-0.1, -0.05) is 49.9 Å². The van der Waals surface area contributed by atoms with Gasteiger partial charge in [0.25, 0.3) is 0 Å².